The molecule has 0 aliphatic carbocycles. The number of aliphatic imine (C=N–C) groups is 1. The molecule has 2 aromatic rings. The van der Waals surface area contributed by atoms with E-state index in [0.717, 1.165) is 41.9 Å². The Bertz CT molecular complexity index is 715. The Morgan fingerprint density at radius 2 is 1.96 bits per heavy atom. The highest BCUT2D eigenvalue weighted by molar-refractivity contribution is 7.13. The number of aryl methyl sites for hydroxylation is 2. The zero-order valence-electron chi connectivity index (χ0n) is 16.1. The van der Waals surface area contributed by atoms with Crippen molar-refractivity contribution in [1.82, 2.24) is 25.4 Å². The first-order chi connectivity index (χ1) is 12.0. The van der Waals surface area contributed by atoms with Crippen LogP contribution in [0.5, 0.6) is 0 Å². The van der Waals surface area contributed by atoms with Gasteiger partial charge >= 0.3 is 0 Å². The molecule has 0 bridgehead atoms. The number of hydrogen-bond donors (Lipinski definition) is 2. The summed E-state index contributed by atoms with van der Waals surface area (Å²) in [7, 11) is 7.80. The Hall–Kier alpha value is -2.09. The van der Waals surface area contributed by atoms with Gasteiger partial charge in [0.2, 0.25) is 0 Å². The van der Waals surface area contributed by atoms with Crippen LogP contribution in [0.2, 0.25) is 0 Å². The molecule has 0 atom stereocenters. The van der Waals surface area contributed by atoms with E-state index in [1.807, 2.05) is 30.7 Å². The van der Waals surface area contributed by atoms with E-state index >= 15 is 0 Å². The van der Waals surface area contributed by atoms with Crippen molar-refractivity contribution < 1.29 is 0 Å². The van der Waals surface area contributed by atoms with Crippen LogP contribution in [0.15, 0.2) is 10.4 Å². The fourth-order valence-electron chi connectivity index (χ4n) is 2.74. The van der Waals surface area contributed by atoms with E-state index < -0.39 is 0 Å². The lowest BCUT2D eigenvalue weighted by Crippen LogP contribution is -2.36. The van der Waals surface area contributed by atoms with Gasteiger partial charge < -0.3 is 15.5 Å². The van der Waals surface area contributed by atoms with Gasteiger partial charge in [0.1, 0.15) is 0 Å². The van der Waals surface area contributed by atoms with Crippen molar-refractivity contribution in [3.8, 4) is 0 Å². The molecular formula is C17H29N7S. The molecule has 2 N–H and O–H groups in total. The maximum absolute atomic E-state index is 4.62. The van der Waals surface area contributed by atoms with E-state index in [4.69, 9.17) is 0 Å². The summed E-state index contributed by atoms with van der Waals surface area (Å²) in [5, 5.41) is 14.4. The summed E-state index contributed by atoms with van der Waals surface area (Å²) in [5.74, 6) is 0.771. The van der Waals surface area contributed by atoms with E-state index in [9.17, 15) is 0 Å². The number of hydrogen-bond acceptors (Lipinski definition) is 5. The van der Waals surface area contributed by atoms with Crippen LogP contribution in [0.3, 0.4) is 0 Å². The van der Waals surface area contributed by atoms with Gasteiger partial charge in [0, 0.05) is 51.4 Å². The van der Waals surface area contributed by atoms with Crippen LogP contribution in [0, 0.1) is 0 Å². The molecule has 8 heteroatoms. The van der Waals surface area contributed by atoms with E-state index in [1.165, 1.54) is 11.3 Å². The van der Waals surface area contributed by atoms with Crippen LogP contribution in [0.25, 0.3) is 0 Å². The second-order valence-corrected chi connectivity index (χ2v) is 6.83. The number of nitrogens with one attached hydrogen (secondary N) is 2. The smallest absolute Gasteiger partial charge is 0.191 e. The summed E-state index contributed by atoms with van der Waals surface area (Å²) >= 11 is 1.64. The van der Waals surface area contributed by atoms with Crippen LogP contribution < -0.4 is 15.5 Å². The van der Waals surface area contributed by atoms with Gasteiger partial charge in [0.25, 0.3) is 0 Å². The lowest BCUT2D eigenvalue weighted by Gasteiger charge is -2.12. The molecule has 0 aromatic carbocycles. The van der Waals surface area contributed by atoms with Gasteiger partial charge in [-0.2, -0.15) is 5.10 Å². The van der Waals surface area contributed by atoms with Gasteiger partial charge in [-0.25, -0.2) is 4.98 Å². The molecule has 0 saturated carbocycles. The zero-order chi connectivity index (χ0) is 18.4. The number of rotatable bonds is 7. The van der Waals surface area contributed by atoms with Gasteiger partial charge in [0.15, 0.2) is 11.1 Å². The molecule has 25 heavy (non-hydrogen) atoms. The third-order valence-corrected chi connectivity index (χ3v) is 5.10. The second kappa shape index (κ2) is 8.84. The highest BCUT2D eigenvalue weighted by Gasteiger charge is 2.14. The number of nitrogens with zero attached hydrogens (tertiary/aromatic N) is 5. The molecule has 0 aliphatic rings. The maximum atomic E-state index is 4.62. The summed E-state index contributed by atoms with van der Waals surface area (Å²) < 4.78 is 1.99. The Balaban J connectivity index is 1.96. The summed E-state index contributed by atoms with van der Waals surface area (Å²) in [6.07, 6.45) is 1.90. The summed E-state index contributed by atoms with van der Waals surface area (Å²) in [6, 6.07) is 0. The summed E-state index contributed by atoms with van der Waals surface area (Å²) in [4.78, 5) is 10.9. The standard InChI is InChI=1S/C17H29N7S/c1-7-14-13(15(8-2)24(6)22-14)10-20-16(18-3)19-9-12-11-25-17(21-12)23(4)5/h11H,7-10H2,1-6H3,(H2,18,19,20). The first kappa shape index (κ1) is 19.2. The Morgan fingerprint density at radius 3 is 2.52 bits per heavy atom. The molecule has 2 rings (SSSR count). The van der Waals surface area contributed by atoms with E-state index in [2.05, 4.69) is 44.9 Å². The normalized spacial score (nSPS) is 11.7. The van der Waals surface area contributed by atoms with Crippen molar-refractivity contribution in [2.24, 2.45) is 12.0 Å². The average molecular weight is 364 g/mol. The molecule has 0 amide bonds. The van der Waals surface area contributed by atoms with Crippen LogP contribution in [0.4, 0.5) is 5.13 Å². The molecule has 2 heterocycles. The van der Waals surface area contributed by atoms with Crippen LogP contribution >= 0.6 is 11.3 Å². The fraction of sp³-hybridized carbons (Fsp3) is 0.588. The molecule has 0 spiro atoms. The van der Waals surface area contributed by atoms with Crippen molar-refractivity contribution in [2.75, 3.05) is 26.0 Å². The van der Waals surface area contributed by atoms with Gasteiger partial charge in [-0.3, -0.25) is 9.67 Å². The van der Waals surface area contributed by atoms with Crippen molar-refractivity contribution in [1.29, 1.82) is 0 Å². The van der Waals surface area contributed by atoms with Gasteiger partial charge in [-0.1, -0.05) is 13.8 Å². The first-order valence-electron chi connectivity index (χ1n) is 8.59. The van der Waals surface area contributed by atoms with E-state index in [-0.39, 0.29) is 0 Å². The van der Waals surface area contributed by atoms with Crippen molar-refractivity contribution in [3.05, 3.63) is 28.0 Å². The Labute approximate surface area is 154 Å². The lowest BCUT2D eigenvalue weighted by atomic mass is 10.1. The average Bonchev–Trinajstić information content (AvgIpc) is 3.19. The fourth-order valence-corrected chi connectivity index (χ4v) is 3.50. The minimum atomic E-state index is 0.651. The number of aromatic nitrogens is 3. The number of thiazole rings is 1. The lowest BCUT2D eigenvalue weighted by molar-refractivity contribution is 0.702. The van der Waals surface area contributed by atoms with Crippen molar-refractivity contribution >= 4 is 22.4 Å². The molecule has 7 nitrogen and oxygen atoms in total. The topological polar surface area (TPSA) is 70.4 Å². The van der Waals surface area contributed by atoms with E-state index in [0.29, 0.717) is 6.54 Å². The minimum absolute atomic E-state index is 0.651. The summed E-state index contributed by atoms with van der Waals surface area (Å²) in [6.45, 7) is 5.68. The third kappa shape index (κ3) is 4.72. The van der Waals surface area contributed by atoms with Crippen molar-refractivity contribution in [2.45, 2.75) is 39.8 Å². The summed E-state index contributed by atoms with van der Waals surface area (Å²) in [5.41, 5.74) is 4.72. The molecule has 0 radical (unpaired) electrons. The van der Waals surface area contributed by atoms with Gasteiger partial charge in [0.05, 0.1) is 17.9 Å². The van der Waals surface area contributed by atoms with Crippen LogP contribution in [-0.4, -0.2) is 41.9 Å². The highest BCUT2D eigenvalue weighted by Crippen LogP contribution is 2.18. The Kier molecular flexibility index (Phi) is 6.81. The molecule has 0 aliphatic heterocycles. The predicted octanol–water partition coefficient (Wildman–Crippen LogP) is 1.93. The van der Waals surface area contributed by atoms with Crippen LogP contribution in [0.1, 0.15) is 36.5 Å². The van der Waals surface area contributed by atoms with Gasteiger partial charge in [-0.15, -0.1) is 11.3 Å². The SMILES string of the molecule is CCc1nn(C)c(CC)c1CNC(=NC)NCc1csc(N(C)C)n1. The van der Waals surface area contributed by atoms with Gasteiger partial charge in [-0.05, 0) is 12.8 Å². The molecular weight excluding hydrogens is 334 g/mol. The molecule has 0 fully saturated rings. The second-order valence-electron chi connectivity index (χ2n) is 6.00. The zero-order valence-corrected chi connectivity index (χ0v) is 16.9. The molecule has 0 saturated heterocycles. The van der Waals surface area contributed by atoms with Crippen LogP contribution in [-0.2, 0) is 33.0 Å². The van der Waals surface area contributed by atoms with E-state index in [1.54, 1.807) is 18.4 Å². The first-order valence-corrected chi connectivity index (χ1v) is 9.47. The number of anilines is 1. The molecule has 0 unspecified atom stereocenters. The molecule has 2 aromatic heterocycles. The quantitative estimate of drug-likeness (QED) is 0.581. The highest BCUT2D eigenvalue weighted by atomic mass is 32.1. The third-order valence-electron chi connectivity index (χ3n) is 4.04. The largest absolute Gasteiger partial charge is 0.354 e. The monoisotopic (exact) mass is 363 g/mol. The minimum Gasteiger partial charge on any atom is -0.354 e. The molecule has 138 valence electrons. The maximum Gasteiger partial charge on any atom is 0.191 e. The Morgan fingerprint density at radius 1 is 1.24 bits per heavy atom. The van der Waals surface area contributed by atoms with Crippen molar-refractivity contribution in [3.63, 3.8) is 0 Å². The predicted molar refractivity (Wildman–Crippen MR) is 105 cm³/mol. The number of guanidine groups is 1.